The summed E-state index contributed by atoms with van der Waals surface area (Å²) in [6.45, 7) is 0. The van der Waals surface area contributed by atoms with Crippen molar-refractivity contribution in [2.24, 2.45) is 5.73 Å². The molecule has 0 fully saturated rings. The van der Waals surface area contributed by atoms with Gasteiger partial charge in [-0.15, -0.1) is 0 Å². The third kappa shape index (κ3) is 2.59. The van der Waals surface area contributed by atoms with Crippen LogP contribution in [0.1, 0.15) is 17.2 Å². The molecule has 5 N–H and O–H groups in total. The van der Waals surface area contributed by atoms with Crippen LogP contribution in [0, 0.1) is 0 Å². The van der Waals surface area contributed by atoms with Crippen molar-refractivity contribution >= 4 is 5.97 Å². The van der Waals surface area contributed by atoms with Crippen molar-refractivity contribution < 1.29 is 33.3 Å². The highest BCUT2D eigenvalue weighted by molar-refractivity contribution is 5.76. The van der Waals surface area contributed by atoms with Gasteiger partial charge in [0.2, 0.25) is 0 Å². The van der Waals surface area contributed by atoms with Crippen LogP contribution in [-0.2, 0) is 11.0 Å². The topological polar surface area (TPSA) is 104 Å². The third-order valence-electron chi connectivity index (χ3n) is 2.05. The lowest BCUT2D eigenvalue weighted by atomic mass is 9.99. The van der Waals surface area contributed by atoms with E-state index in [1.54, 1.807) is 0 Å². The molecule has 0 saturated carbocycles. The molecule has 94 valence electrons. The molecular weight excluding hydrogens is 243 g/mol. The average molecular weight is 251 g/mol. The molecule has 17 heavy (non-hydrogen) atoms. The van der Waals surface area contributed by atoms with E-state index in [4.69, 9.17) is 21.1 Å². The minimum absolute atomic E-state index is 0.230. The standard InChI is InChI=1S/C9H8F3NO4/c10-9(11,12)4-2-6(15)5(14)1-3(4)7(13)8(16)17/h1-2,7,14-15H,13H2,(H,16,17). The number of phenols is 2. The molecule has 8 heteroatoms. The maximum absolute atomic E-state index is 12.5. The first kappa shape index (κ1) is 13.1. The van der Waals surface area contributed by atoms with Gasteiger partial charge in [-0.05, 0) is 17.7 Å². The fourth-order valence-electron chi connectivity index (χ4n) is 1.23. The van der Waals surface area contributed by atoms with Gasteiger partial charge in [-0.1, -0.05) is 0 Å². The molecule has 0 amide bonds. The summed E-state index contributed by atoms with van der Waals surface area (Å²) in [4.78, 5) is 10.5. The minimum Gasteiger partial charge on any atom is -0.504 e. The normalized spacial score (nSPS) is 13.4. The SMILES string of the molecule is NC(C(=O)O)c1cc(O)c(O)cc1C(F)(F)F. The van der Waals surface area contributed by atoms with Crippen molar-refractivity contribution in [1.29, 1.82) is 0 Å². The molecule has 1 unspecified atom stereocenters. The summed E-state index contributed by atoms with van der Waals surface area (Å²) in [7, 11) is 0. The first-order valence-corrected chi connectivity index (χ1v) is 4.26. The highest BCUT2D eigenvalue weighted by atomic mass is 19.4. The summed E-state index contributed by atoms with van der Waals surface area (Å²) >= 11 is 0. The minimum atomic E-state index is -4.88. The number of hydrogen-bond acceptors (Lipinski definition) is 4. The smallest absolute Gasteiger partial charge is 0.416 e. The number of carboxylic acids is 1. The Balaban J connectivity index is 3.46. The number of aliphatic carboxylic acids is 1. The number of aromatic hydroxyl groups is 2. The molecule has 0 heterocycles. The van der Waals surface area contributed by atoms with E-state index in [9.17, 15) is 18.0 Å². The number of rotatable bonds is 2. The molecule has 0 aliphatic carbocycles. The van der Waals surface area contributed by atoms with Crippen molar-refractivity contribution in [1.82, 2.24) is 0 Å². The highest BCUT2D eigenvalue weighted by Gasteiger charge is 2.37. The van der Waals surface area contributed by atoms with E-state index in [0.717, 1.165) is 0 Å². The third-order valence-corrected chi connectivity index (χ3v) is 2.05. The molecule has 1 atom stereocenters. The highest BCUT2D eigenvalue weighted by Crippen LogP contribution is 2.39. The van der Waals surface area contributed by atoms with Gasteiger partial charge < -0.3 is 21.1 Å². The lowest BCUT2D eigenvalue weighted by Gasteiger charge is -2.16. The first-order valence-electron chi connectivity index (χ1n) is 4.26. The Morgan fingerprint density at radius 2 is 1.71 bits per heavy atom. The van der Waals surface area contributed by atoms with Crippen molar-refractivity contribution in [3.8, 4) is 11.5 Å². The second-order valence-electron chi connectivity index (χ2n) is 3.24. The fraction of sp³-hybridized carbons (Fsp3) is 0.222. The van der Waals surface area contributed by atoms with Crippen LogP contribution in [0.25, 0.3) is 0 Å². The van der Waals surface area contributed by atoms with Gasteiger partial charge in [-0.25, -0.2) is 0 Å². The summed E-state index contributed by atoms with van der Waals surface area (Å²) < 4.78 is 37.6. The average Bonchev–Trinajstić information content (AvgIpc) is 2.18. The van der Waals surface area contributed by atoms with Crippen LogP contribution < -0.4 is 5.73 Å². The molecule has 0 aromatic heterocycles. The zero-order valence-electron chi connectivity index (χ0n) is 8.19. The Labute approximate surface area is 92.9 Å². The predicted octanol–water partition coefficient (Wildman–Crippen LogP) is 1.20. The van der Waals surface area contributed by atoms with Crippen molar-refractivity contribution in [3.63, 3.8) is 0 Å². The summed E-state index contributed by atoms with van der Waals surface area (Å²) in [5.74, 6) is -3.55. The zero-order valence-corrected chi connectivity index (χ0v) is 8.19. The van der Waals surface area contributed by atoms with Gasteiger partial charge in [0, 0.05) is 0 Å². The maximum Gasteiger partial charge on any atom is 0.416 e. The molecule has 1 rings (SSSR count). The van der Waals surface area contributed by atoms with Crippen molar-refractivity contribution in [3.05, 3.63) is 23.3 Å². The second kappa shape index (κ2) is 4.13. The van der Waals surface area contributed by atoms with E-state index in [1.165, 1.54) is 0 Å². The van der Waals surface area contributed by atoms with Crippen LogP contribution in [-0.4, -0.2) is 21.3 Å². The quantitative estimate of drug-likeness (QED) is 0.591. The van der Waals surface area contributed by atoms with Gasteiger partial charge in [0.15, 0.2) is 11.5 Å². The number of carboxylic acid groups (broad SMARTS) is 1. The maximum atomic E-state index is 12.5. The lowest BCUT2D eigenvalue weighted by Crippen LogP contribution is -2.24. The number of hydrogen-bond donors (Lipinski definition) is 4. The van der Waals surface area contributed by atoms with Crippen LogP contribution >= 0.6 is 0 Å². The van der Waals surface area contributed by atoms with E-state index in [-0.39, 0.29) is 6.07 Å². The molecule has 0 aliphatic rings. The van der Waals surface area contributed by atoms with Gasteiger partial charge in [0.25, 0.3) is 0 Å². The number of phenolic OH excluding ortho intramolecular Hbond substituents is 2. The van der Waals surface area contributed by atoms with Gasteiger partial charge in [-0.3, -0.25) is 4.79 Å². The second-order valence-corrected chi connectivity index (χ2v) is 3.24. The van der Waals surface area contributed by atoms with E-state index >= 15 is 0 Å². The monoisotopic (exact) mass is 251 g/mol. The number of alkyl halides is 3. The van der Waals surface area contributed by atoms with E-state index < -0.39 is 40.8 Å². The van der Waals surface area contributed by atoms with E-state index in [0.29, 0.717) is 6.07 Å². The summed E-state index contributed by atoms with van der Waals surface area (Å²) in [5.41, 5.74) is 2.84. The van der Waals surface area contributed by atoms with Crippen LogP contribution in [0.15, 0.2) is 12.1 Å². The molecular formula is C9H8F3NO4. The van der Waals surface area contributed by atoms with Gasteiger partial charge in [0.1, 0.15) is 6.04 Å². The Morgan fingerprint density at radius 1 is 1.24 bits per heavy atom. The first-order chi connectivity index (χ1) is 7.64. The zero-order chi connectivity index (χ0) is 13.4. The Morgan fingerprint density at radius 3 is 2.12 bits per heavy atom. The molecule has 0 aliphatic heterocycles. The number of nitrogens with two attached hydrogens (primary N) is 1. The summed E-state index contributed by atoms with van der Waals surface area (Å²) in [6.07, 6.45) is -4.88. The number of benzene rings is 1. The molecule has 0 bridgehead atoms. The molecule has 1 aromatic rings. The van der Waals surface area contributed by atoms with Crippen molar-refractivity contribution in [2.75, 3.05) is 0 Å². The molecule has 0 radical (unpaired) electrons. The summed E-state index contributed by atoms with van der Waals surface area (Å²) in [5, 5.41) is 26.6. The summed E-state index contributed by atoms with van der Waals surface area (Å²) in [6, 6.07) is -1.23. The number of halogens is 3. The Hall–Kier alpha value is -1.96. The molecule has 5 nitrogen and oxygen atoms in total. The predicted molar refractivity (Wildman–Crippen MR) is 49.3 cm³/mol. The van der Waals surface area contributed by atoms with Crippen molar-refractivity contribution in [2.45, 2.75) is 12.2 Å². The van der Waals surface area contributed by atoms with Crippen LogP contribution in [0.3, 0.4) is 0 Å². The van der Waals surface area contributed by atoms with Gasteiger partial charge in [0.05, 0.1) is 5.56 Å². The number of carbonyl (C=O) groups is 1. The van der Waals surface area contributed by atoms with Gasteiger partial charge >= 0.3 is 12.1 Å². The van der Waals surface area contributed by atoms with Crippen LogP contribution in [0.4, 0.5) is 13.2 Å². The fourth-order valence-corrected chi connectivity index (χ4v) is 1.23. The van der Waals surface area contributed by atoms with Crippen LogP contribution in [0.2, 0.25) is 0 Å². The Kier molecular flexibility index (Phi) is 3.18. The molecule has 0 spiro atoms. The van der Waals surface area contributed by atoms with Gasteiger partial charge in [-0.2, -0.15) is 13.2 Å². The van der Waals surface area contributed by atoms with E-state index in [2.05, 4.69) is 0 Å². The molecule has 0 saturated heterocycles. The molecule has 1 aromatic carbocycles. The van der Waals surface area contributed by atoms with Crippen LogP contribution in [0.5, 0.6) is 11.5 Å². The lowest BCUT2D eigenvalue weighted by molar-refractivity contribution is -0.141. The largest absolute Gasteiger partial charge is 0.504 e. The Bertz CT molecular complexity index is 458. The van der Waals surface area contributed by atoms with E-state index in [1.807, 2.05) is 0 Å².